The van der Waals surface area contributed by atoms with Crippen LogP contribution in [0.4, 0.5) is 14.9 Å². The van der Waals surface area contributed by atoms with Gasteiger partial charge in [-0.25, -0.2) is 9.18 Å². The van der Waals surface area contributed by atoms with E-state index in [4.69, 9.17) is 15.6 Å². The lowest BCUT2D eigenvalue weighted by Crippen LogP contribution is -2.40. The maximum absolute atomic E-state index is 14.7. The van der Waals surface area contributed by atoms with Gasteiger partial charge in [-0.15, -0.1) is 0 Å². The molecule has 0 aromatic heterocycles. The largest absolute Gasteiger partial charge is 0.465 e. The van der Waals surface area contributed by atoms with Gasteiger partial charge in [-0.3, -0.25) is 10.3 Å². The Labute approximate surface area is 156 Å². The molecule has 0 saturated heterocycles. The Balaban J connectivity index is 1.97. The number of carboxylic acid groups (broad SMARTS) is 1. The van der Waals surface area contributed by atoms with Crippen LogP contribution in [0.2, 0.25) is 0 Å². The summed E-state index contributed by atoms with van der Waals surface area (Å²) < 4.78 is 20.7. The van der Waals surface area contributed by atoms with E-state index in [1.807, 2.05) is 0 Å². The highest BCUT2D eigenvalue weighted by Gasteiger charge is 2.52. The number of benzene rings is 1. The van der Waals surface area contributed by atoms with Crippen molar-refractivity contribution < 1.29 is 19.0 Å². The smallest absolute Gasteiger partial charge is 0.410 e. The number of hydrogen-bond donors (Lipinski definition) is 3. The molecular formula is C18H24FN3O3S. The Bertz CT molecular complexity index is 715. The van der Waals surface area contributed by atoms with Gasteiger partial charge in [-0.05, 0) is 31.0 Å². The highest BCUT2D eigenvalue weighted by atomic mass is 32.2. The van der Waals surface area contributed by atoms with Gasteiger partial charge in [0.15, 0.2) is 5.17 Å². The lowest BCUT2D eigenvalue weighted by atomic mass is 9.81. The normalized spacial score (nSPS) is 27.7. The van der Waals surface area contributed by atoms with Gasteiger partial charge in [-0.1, -0.05) is 25.1 Å². The van der Waals surface area contributed by atoms with Crippen molar-refractivity contribution in [1.29, 1.82) is 0 Å². The second kappa shape index (κ2) is 7.84. The average molecular weight is 381 g/mol. The molecule has 0 bridgehead atoms. The number of unbranched alkanes of at least 4 members (excludes halogenated alkanes) is 1. The van der Waals surface area contributed by atoms with E-state index in [9.17, 15) is 9.18 Å². The van der Waals surface area contributed by atoms with Gasteiger partial charge in [0.25, 0.3) is 0 Å². The minimum atomic E-state index is -1.17. The number of aliphatic imine (C=N–C) groups is 1. The number of amides is 1. The zero-order valence-corrected chi connectivity index (χ0v) is 15.5. The van der Waals surface area contributed by atoms with E-state index in [1.54, 1.807) is 6.07 Å². The number of nitrogens with zero attached hydrogens (tertiary/aromatic N) is 1. The summed E-state index contributed by atoms with van der Waals surface area (Å²) in [6, 6.07) is 4.49. The first-order chi connectivity index (χ1) is 12.4. The molecule has 0 spiro atoms. The second-order valence-electron chi connectivity index (χ2n) is 6.80. The maximum Gasteiger partial charge on any atom is 0.410 e. The predicted octanol–water partition coefficient (Wildman–Crippen LogP) is 3.57. The fraction of sp³-hybridized carbons (Fsp3) is 0.556. The summed E-state index contributed by atoms with van der Waals surface area (Å²) in [5.41, 5.74) is 5.94. The molecule has 3 rings (SSSR count). The average Bonchev–Trinajstić information content (AvgIpc) is 2.95. The van der Waals surface area contributed by atoms with Crippen molar-refractivity contribution in [2.45, 2.75) is 44.2 Å². The zero-order chi connectivity index (χ0) is 18.7. The second-order valence-corrected chi connectivity index (χ2v) is 7.81. The highest BCUT2D eigenvalue weighted by molar-refractivity contribution is 8.13. The summed E-state index contributed by atoms with van der Waals surface area (Å²) in [7, 11) is 0. The van der Waals surface area contributed by atoms with Crippen molar-refractivity contribution in [3.8, 4) is 0 Å². The number of rotatable bonds is 5. The molecule has 6 nitrogen and oxygen atoms in total. The molecule has 142 valence electrons. The number of halogens is 1. The number of carbonyl (C=O) groups is 1. The third-order valence-electron chi connectivity index (χ3n) is 5.01. The van der Waals surface area contributed by atoms with Gasteiger partial charge in [0, 0.05) is 35.9 Å². The van der Waals surface area contributed by atoms with Crippen molar-refractivity contribution in [3.05, 3.63) is 29.6 Å². The summed E-state index contributed by atoms with van der Waals surface area (Å²) >= 11 is 1.35. The zero-order valence-electron chi connectivity index (χ0n) is 14.7. The summed E-state index contributed by atoms with van der Waals surface area (Å²) in [5.74, 6) is 0.347. The Hall–Kier alpha value is -1.80. The fourth-order valence-electron chi connectivity index (χ4n) is 3.79. The Morgan fingerprint density at radius 1 is 1.58 bits per heavy atom. The summed E-state index contributed by atoms with van der Waals surface area (Å²) in [4.78, 5) is 15.7. The lowest BCUT2D eigenvalue weighted by Gasteiger charge is -2.36. The van der Waals surface area contributed by atoms with Crippen LogP contribution in [0.3, 0.4) is 0 Å². The number of hydrogen-bond acceptors (Lipinski definition) is 5. The maximum atomic E-state index is 14.7. The summed E-state index contributed by atoms with van der Waals surface area (Å²) in [5, 5.41) is 11.7. The molecule has 1 aliphatic heterocycles. The topological polar surface area (TPSA) is 96.9 Å². The van der Waals surface area contributed by atoms with Gasteiger partial charge in [0.1, 0.15) is 5.82 Å². The molecule has 1 amide bonds. The third kappa shape index (κ3) is 3.81. The number of fused-ring (bicyclic) bond motifs is 1. The van der Waals surface area contributed by atoms with E-state index < -0.39 is 11.6 Å². The molecule has 1 aliphatic carbocycles. The van der Waals surface area contributed by atoms with Crippen LogP contribution < -0.4 is 11.1 Å². The molecule has 1 heterocycles. The molecule has 0 radical (unpaired) electrons. The summed E-state index contributed by atoms with van der Waals surface area (Å²) in [6.45, 7) is 2.77. The first-order valence-electron chi connectivity index (χ1n) is 8.84. The summed E-state index contributed by atoms with van der Waals surface area (Å²) in [6.07, 6.45) is 2.12. The molecule has 0 unspecified atom stereocenters. The van der Waals surface area contributed by atoms with Crippen LogP contribution in [0, 0.1) is 11.7 Å². The molecule has 8 heteroatoms. The molecule has 1 saturated carbocycles. The quantitative estimate of drug-likeness (QED) is 0.535. The molecule has 1 aromatic rings. The van der Waals surface area contributed by atoms with Gasteiger partial charge in [0.05, 0.1) is 11.6 Å². The van der Waals surface area contributed by atoms with Gasteiger partial charge >= 0.3 is 6.09 Å². The van der Waals surface area contributed by atoms with Gasteiger partial charge in [0.2, 0.25) is 0 Å². The first kappa shape index (κ1) is 19.0. The number of nitrogens with two attached hydrogens (primary N) is 1. The number of anilines is 1. The number of ether oxygens (including phenoxy) is 1. The molecule has 26 heavy (non-hydrogen) atoms. The molecule has 3 atom stereocenters. The Morgan fingerprint density at radius 3 is 3.12 bits per heavy atom. The van der Waals surface area contributed by atoms with E-state index in [0.717, 1.165) is 19.3 Å². The van der Waals surface area contributed by atoms with Crippen LogP contribution in [0.1, 0.15) is 38.2 Å². The minimum Gasteiger partial charge on any atom is -0.465 e. The van der Waals surface area contributed by atoms with E-state index in [1.165, 1.54) is 23.9 Å². The standard InChI is InChI=1S/C18H24FN3O3S/c1-2-3-6-25-13-7-11-10-26-16(21-17(23)24)22-18(11,9-13)14-8-12(20)4-5-15(14)19/h4-5,8,11,13H,2-3,6-7,9-10,20H2,1H3,(H,21,22)(H,23,24)/t11-,13+,18-/m0/s1. The SMILES string of the molecule is CCCCO[C@@H]1C[C@H]2CSC(NC(=O)O)=N[C@@]2(c2cc(N)ccc2F)C1. The van der Waals surface area contributed by atoms with Crippen molar-refractivity contribution in [1.82, 2.24) is 5.32 Å². The third-order valence-corrected chi connectivity index (χ3v) is 6.04. The predicted molar refractivity (Wildman–Crippen MR) is 101 cm³/mol. The van der Waals surface area contributed by atoms with Crippen LogP contribution in [-0.2, 0) is 10.3 Å². The number of thioether (sulfide) groups is 1. The van der Waals surface area contributed by atoms with Crippen LogP contribution in [0.5, 0.6) is 0 Å². The molecule has 4 N–H and O–H groups in total. The van der Waals surface area contributed by atoms with Crippen molar-refractivity contribution in [3.63, 3.8) is 0 Å². The van der Waals surface area contributed by atoms with E-state index >= 15 is 0 Å². The van der Waals surface area contributed by atoms with Crippen LogP contribution in [0.15, 0.2) is 23.2 Å². The van der Waals surface area contributed by atoms with E-state index in [0.29, 0.717) is 35.2 Å². The molecule has 2 aliphatic rings. The van der Waals surface area contributed by atoms with Crippen LogP contribution >= 0.6 is 11.8 Å². The van der Waals surface area contributed by atoms with E-state index in [2.05, 4.69) is 17.2 Å². The first-order valence-corrected chi connectivity index (χ1v) is 9.83. The number of nitrogen functional groups attached to an aromatic ring is 1. The molecule has 1 aromatic carbocycles. The van der Waals surface area contributed by atoms with Gasteiger partial charge in [-0.2, -0.15) is 0 Å². The Kier molecular flexibility index (Phi) is 5.72. The van der Waals surface area contributed by atoms with Crippen molar-refractivity contribution in [2.24, 2.45) is 10.9 Å². The van der Waals surface area contributed by atoms with Gasteiger partial charge < -0.3 is 15.6 Å². The minimum absolute atomic E-state index is 0.0269. The van der Waals surface area contributed by atoms with Crippen LogP contribution in [-0.4, -0.2) is 34.8 Å². The number of nitrogens with one attached hydrogen (secondary N) is 1. The monoisotopic (exact) mass is 381 g/mol. The lowest BCUT2D eigenvalue weighted by molar-refractivity contribution is 0.0513. The fourth-order valence-corrected chi connectivity index (χ4v) is 4.94. The van der Waals surface area contributed by atoms with Crippen LogP contribution in [0.25, 0.3) is 0 Å². The van der Waals surface area contributed by atoms with Crippen molar-refractivity contribution >= 4 is 28.7 Å². The Morgan fingerprint density at radius 2 is 2.38 bits per heavy atom. The molecule has 1 fully saturated rings. The number of amidine groups is 1. The molecular weight excluding hydrogens is 357 g/mol. The van der Waals surface area contributed by atoms with E-state index in [-0.39, 0.29) is 17.8 Å². The highest BCUT2D eigenvalue weighted by Crippen LogP contribution is 2.52. The van der Waals surface area contributed by atoms with Crippen molar-refractivity contribution in [2.75, 3.05) is 18.1 Å².